The molecule has 0 spiro atoms. The molecule has 0 aliphatic rings. The number of hydrogen-bond donors (Lipinski definition) is 1. The summed E-state index contributed by atoms with van der Waals surface area (Å²) in [5, 5.41) is 3.28. The highest BCUT2D eigenvalue weighted by Gasteiger charge is 2.12. The van der Waals surface area contributed by atoms with Crippen LogP contribution in [-0.2, 0) is 13.0 Å². The van der Waals surface area contributed by atoms with E-state index in [9.17, 15) is 4.39 Å². The van der Waals surface area contributed by atoms with E-state index in [1.54, 1.807) is 6.07 Å². The number of imidazole rings is 1. The van der Waals surface area contributed by atoms with Crippen molar-refractivity contribution in [3.05, 3.63) is 29.8 Å². The molecule has 0 aliphatic carbocycles. The molecule has 1 heterocycles. The molecule has 18 heavy (non-hydrogen) atoms. The maximum absolute atomic E-state index is 13.7. The van der Waals surface area contributed by atoms with Crippen LogP contribution >= 0.6 is 0 Å². The number of likely N-dealkylation sites (N-methyl/N-ethyl adjacent to an activating group) is 1. The van der Waals surface area contributed by atoms with Crippen molar-refractivity contribution in [2.24, 2.45) is 0 Å². The molecule has 0 unspecified atom stereocenters. The zero-order chi connectivity index (χ0) is 13.0. The van der Waals surface area contributed by atoms with Gasteiger partial charge >= 0.3 is 0 Å². The smallest absolute Gasteiger partial charge is 0.151 e. The molecule has 1 N–H and O–H groups in total. The lowest BCUT2D eigenvalue weighted by Gasteiger charge is -2.07. The van der Waals surface area contributed by atoms with Crippen molar-refractivity contribution in [3.8, 4) is 0 Å². The molecule has 2 aromatic rings. The van der Waals surface area contributed by atoms with Gasteiger partial charge in [-0.3, -0.25) is 0 Å². The maximum atomic E-state index is 13.7. The second-order valence-electron chi connectivity index (χ2n) is 4.39. The third-order valence-electron chi connectivity index (χ3n) is 3.03. The van der Waals surface area contributed by atoms with Crippen molar-refractivity contribution >= 4 is 11.0 Å². The summed E-state index contributed by atoms with van der Waals surface area (Å²) in [5.74, 6) is 0.741. The van der Waals surface area contributed by atoms with Gasteiger partial charge in [-0.05, 0) is 25.1 Å². The highest BCUT2D eigenvalue weighted by molar-refractivity contribution is 5.76. The standard InChI is InChI=1S/C14H20FN3/c1-3-10-18-12-7-5-6-11(15)14(12)17-13(18)8-9-16-4-2/h5-7,16H,3-4,8-10H2,1-2H3. The van der Waals surface area contributed by atoms with Gasteiger partial charge in [0.2, 0.25) is 0 Å². The number of aromatic nitrogens is 2. The van der Waals surface area contributed by atoms with E-state index < -0.39 is 0 Å². The fraction of sp³-hybridized carbons (Fsp3) is 0.500. The van der Waals surface area contributed by atoms with Gasteiger partial charge in [0.1, 0.15) is 11.3 Å². The second kappa shape index (κ2) is 5.96. The van der Waals surface area contributed by atoms with Crippen LogP contribution in [0.15, 0.2) is 18.2 Å². The molecule has 98 valence electrons. The van der Waals surface area contributed by atoms with E-state index in [-0.39, 0.29) is 5.82 Å². The number of nitrogens with one attached hydrogen (secondary N) is 1. The normalized spacial score (nSPS) is 11.3. The minimum absolute atomic E-state index is 0.230. The van der Waals surface area contributed by atoms with Crippen LogP contribution < -0.4 is 5.32 Å². The predicted molar refractivity (Wildman–Crippen MR) is 72.2 cm³/mol. The quantitative estimate of drug-likeness (QED) is 0.798. The van der Waals surface area contributed by atoms with Crippen molar-refractivity contribution in [1.29, 1.82) is 0 Å². The van der Waals surface area contributed by atoms with Gasteiger partial charge in [-0.15, -0.1) is 0 Å². The Morgan fingerprint density at radius 2 is 2.17 bits per heavy atom. The molecule has 0 radical (unpaired) electrons. The van der Waals surface area contributed by atoms with Gasteiger partial charge in [0.25, 0.3) is 0 Å². The summed E-state index contributed by atoms with van der Waals surface area (Å²) in [5.41, 5.74) is 1.40. The molecule has 0 saturated heterocycles. The van der Waals surface area contributed by atoms with E-state index >= 15 is 0 Å². The Morgan fingerprint density at radius 1 is 1.33 bits per heavy atom. The van der Waals surface area contributed by atoms with Crippen LogP contribution in [-0.4, -0.2) is 22.6 Å². The molecule has 3 nitrogen and oxygen atoms in total. The van der Waals surface area contributed by atoms with E-state index in [0.717, 1.165) is 43.8 Å². The van der Waals surface area contributed by atoms with E-state index in [2.05, 4.69) is 28.7 Å². The Hall–Kier alpha value is -1.42. The molecule has 0 atom stereocenters. The molecule has 4 heteroatoms. The topological polar surface area (TPSA) is 29.9 Å². The number of fused-ring (bicyclic) bond motifs is 1. The summed E-state index contributed by atoms with van der Waals surface area (Å²) in [6, 6.07) is 5.16. The predicted octanol–water partition coefficient (Wildman–Crippen LogP) is 2.74. The zero-order valence-corrected chi connectivity index (χ0v) is 11.0. The van der Waals surface area contributed by atoms with Crippen LogP contribution in [0.5, 0.6) is 0 Å². The highest BCUT2D eigenvalue weighted by Crippen LogP contribution is 2.19. The van der Waals surface area contributed by atoms with Crippen LogP contribution in [0.3, 0.4) is 0 Å². The first kappa shape index (κ1) is 13.0. The summed E-state index contributed by atoms with van der Waals surface area (Å²) in [7, 11) is 0. The minimum Gasteiger partial charge on any atom is -0.328 e. The summed E-state index contributed by atoms with van der Waals surface area (Å²) in [6.07, 6.45) is 1.86. The van der Waals surface area contributed by atoms with Gasteiger partial charge in [-0.2, -0.15) is 0 Å². The Morgan fingerprint density at radius 3 is 2.89 bits per heavy atom. The van der Waals surface area contributed by atoms with Crippen molar-refractivity contribution in [3.63, 3.8) is 0 Å². The first-order valence-electron chi connectivity index (χ1n) is 6.62. The maximum Gasteiger partial charge on any atom is 0.151 e. The molecule has 2 rings (SSSR count). The molecule has 0 aliphatic heterocycles. The Kier molecular flexibility index (Phi) is 4.31. The Labute approximate surface area is 107 Å². The van der Waals surface area contributed by atoms with Gasteiger partial charge in [0.05, 0.1) is 5.52 Å². The summed E-state index contributed by atoms with van der Waals surface area (Å²) < 4.78 is 15.9. The molecule has 0 bridgehead atoms. The second-order valence-corrected chi connectivity index (χ2v) is 4.39. The molecular formula is C14H20FN3. The monoisotopic (exact) mass is 249 g/mol. The molecule has 0 amide bonds. The number of halogens is 1. The van der Waals surface area contributed by atoms with Crippen LogP contribution in [0, 0.1) is 5.82 Å². The van der Waals surface area contributed by atoms with Crippen LogP contribution in [0.25, 0.3) is 11.0 Å². The highest BCUT2D eigenvalue weighted by atomic mass is 19.1. The molecule has 1 aromatic carbocycles. The lowest BCUT2D eigenvalue weighted by Crippen LogP contribution is -2.18. The molecule has 1 aromatic heterocycles. The third kappa shape index (κ3) is 2.53. The van der Waals surface area contributed by atoms with Crippen molar-refractivity contribution < 1.29 is 4.39 Å². The first-order chi connectivity index (χ1) is 8.77. The Bertz CT molecular complexity index is 519. The molecule has 0 saturated carbocycles. The van der Waals surface area contributed by atoms with Crippen LogP contribution in [0.2, 0.25) is 0 Å². The van der Waals surface area contributed by atoms with Crippen LogP contribution in [0.4, 0.5) is 4.39 Å². The SMILES string of the molecule is CCCn1c(CCNCC)nc2c(F)cccc21. The number of benzene rings is 1. The number of aryl methyl sites for hydroxylation is 1. The first-order valence-corrected chi connectivity index (χ1v) is 6.62. The average Bonchev–Trinajstić information content (AvgIpc) is 2.71. The van der Waals surface area contributed by atoms with E-state index in [1.165, 1.54) is 6.07 Å². The third-order valence-corrected chi connectivity index (χ3v) is 3.03. The Balaban J connectivity index is 2.37. The lowest BCUT2D eigenvalue weighted by molar-refractivity contribution is 0.625. The van der Waals surface area contributed by atoms with Gasteiger partial charge < -0.3 is 9.88 Å². The molecular weight excluding hydrogens is 229 g/mol. The summed E-state index contributed by atoms with van der Waals surface area (Å²) >= 11 is 0. The van der Waals surface area contributed by atoms with Crippen LogP contribution in [0.1, 0.15) is 26.1 Å². The lowest BCUT2D eigenvalue weighted by atomic mass is 10.3. The zero-order valence-electron chi connectivity index (χ0n) is 11.0. The fourth-order valence-corrected chi connectivity index (χ4v) is 2.20. The van der Waals surface area contributed by atoms with Gasteiger partial charge in [-0.25, -0.2) is 9.37 Å². The van der Waals surface area contributed by atoms with E-state index in [1.807, 2.05) is 6.07 Å². The van der Waals surface area contributed by atoms with Crippen molar-refractivity contribution in [2.75, 3.05) is 13.1 Å². The van der Waals surface area contributed by atoms with Crippen molar-refractivity contribution in [1.82, 2.24) is 14.9 Å². The fourth-order valence-electron chi connectivity index (χ4n) is 2.20. The number of para-hydroxylation sites is 1. The minimum atomic E-state index is -0.230. The average molecular weight is 249 g/mol. The van der Waals surface area contributed by atoms with Gasteiger partial charge in [-0.1, -0.05) is 19.9 Å². The summed E-state index contributed by atoms with van der Waals surface area (Å²) in [4.78, 5) is 4.45. The molecule has 0 fully saturated rings. The number of hydrogen-bond acceptors (Lipinski definition) is 2. The van der Waals surface area contributed by atoms with Gasteiger partial charge in [0.15, 0.2) is 5.82 Å². The van der Waals surface area contributed by atoms with Crippen molar-refractivity contribution in [2.45, 2.75) is 33.2 Å². The number of rotatable bonds is 6. The largest absolute Gasteiger partial charge is 0.328 e. The van der Waals surface area contributed by atoms with E-state index in [4.69, 9.17) is 0 Å². The summed E-state index contributed by atoms with van der Waals surface area (Å²) in [6.45, 7) is 6.92. The van der Waals surface area contributed by atoms with E-state index in [0.29, 0.717) is 5.52 Å². The van der Waals surface area contributed by atoms with Gasteiger partial charge in [0, 0.05) is 19.5 Å². The number of nitrogens with zero attached hydrogens (tertiary/aromatic N) is 2.